The summed E-state index contributed by atoms with van der Waals surface area (Å²) < 4.78 is 6.92. The minimum Gasteiger partial charge on any atom is -0.467 e. The SMILES string of the molecule is Clc1cccc(NCc2ccco2)c1-n1cncn1. The summed E-state index contributed by atoms with van der Waals surface area (Å²) in [5.74, 6) is 0.851. The molecule has 0 amide bonds. The van der Waals surface area contributed by atoms with Gasteiger partial charge in [-0.2, -0.15) is 5.10 Å². The Hall–Kier alpha value is -2.27. The highest BCUT2D eigenvalue weighted by Crippen LogP contribution is 2.28. The van der Waals surface area contributed by atoms with Crippen LogP contribution in [0.1, 0.15) is 5.76 Å². The van der Waals surface area contributed by atoms with E-state index in [1.54, 1.807) is 17.3 Å². The number of anilines is 1. The summed E-state index contributed by atoms with van der Waals surface area (Å²) in [6.45, 7) is 0.578. The minimum absolute atomic E-state index is 0.578. The maximum atomic E-state index is 6.23. The Morgan fingerprint density at radius 2 is 2.21 bits per heavy atom. The lowest BCUT2D eigenvalue weighted by atomic mass is 10.2. The molecule has 0 fully saturated rings. The van der Waals surface area contributed by atoms with Crippen LogP contribution in [0, 0.1) is 0 Å². The third-order valence-electron chi connectivity index (χ3n) is 2.67. The minimum atomic E-state index is 0.578. The maximum Gasteiger partial charge on any atom is 0.138 e. The molecule has 0 aliphatic rings. The van der Waals surface area contributed by atoms with Crippen LogP contribution in [0.5, 0.6) is 0 Å². The smallest absolute Gasteiger partial charge is 0.138 e. The van der Waals surface area contributed by atoms with Crippen LogP contribution >= 0.6 is 11.6 Å². The van der Waals surface area contributed by atoms with Gasteiger partial charge in [-0.25, -0.2) is 9.67 Å². The van der Waals surface area contributed by atoms with E-state index in [-0.39, 0.29) is 0 Å². The molecule has 6 heteroatoms. The van der Waals surface area contributed by atoms with Crippen LogP contribution in [0.15, 0.2) is 53.7 Å². The van der Waals surface area contributed by atoms with Gasteiger partial charge < -0.3 is 9.73 Å². The number of hydrogen-bond donors (Lipinski definition) is 1. The molecule has 0 aliphatic carbocycles. The number of furan rings is 1. The van der Waals surface area contributed by atoms with Crippen molar-refractivity contribution in [2.75, 3.05) is 5.32 Å². The van der Waals surface area contributed by atoms with Crippen LogP contribution in [0.3, 0.4) is 0 Å². The molecule has 1 N–H and O–H groups in total. The van der Waals surface area contributed by atoms with Crippen LogP contribution in [0.2, 0.25) is 5.02 Å². The molecule has 3 rings (SSSR count). The molecule has 0 saturated carbocycles. The second kappa shape index (κ2) is 5.16. The Bertz CT molecular complexity index is 649. The third kappa shape index (κ3) is 2.46. The van der Waals surface area contributed by atoms with Gasteiger partial charge in [-0.3, -0.25) is 0 Å². The molecule has 1 aromatic carbocycles. The lowest BCUT2D eigenvalue weighted by Gasteiger charge is -2.12. The second-order valence-electron chi connectivity index (χ2n) is 3.91. The number of hydrogen-bond acceptors (Lipinski definition) is 4. The number of aromatic nitrogens is 3. The molecule has 0 bridgehead atoms. The molecule has 96 valence electrons. The fraction of sp³-hybridized carbons (Fsp3) is 0.0769. The fourth-order valence-corrected chi connectivity index (χ4v) is 2.07. The van der Waals surface area contributed by atoms with Crippen molar-refractivity contribution in [3.63, 3.8) is 0 Å². The summed E-state index contributed by atoms with van der Waals surface area (Å²) in [6.07, 6.45) is 4.73. The van der Waals surface area contributed by atoms with Crippen molar-refractivity contribution >= 4 is 17.3 Å². The monoisotopic (exact) mass is 274 g/mol. The number of nitrogens with zero attached hydrogens (tertiary/aromatic N) is 3. The zero-order chi connectivity index (χ0) is 13.1. The zero-order valence-corrected chi connectivity index (χ0v) is 10.7. The Morgan fingerprint density at radius 3 is 2.95 bits per heavy atom. The molecule has 0 spiro atoms. The van der Waals surface area contributed by atoms with Gasteiger partial charge in [-0.05, 0) is 24.3 Å². The molecule has 0 atom stereocenters. The van der Waals surface area contributed by atoms with E-state index in [4.69, 9.17) is 16.0 Å². The van der Waals surface area contributed by atoms with Crippen molar-refractivity contribution in [1.82, 2.24) is 14.8 Å². The average molecular weight is 275 g/mol. The van der Waals surface area contributed by atoms with Crippen molar-refractivity contribution in [3.8, 4) is 5.69 Å². The zero-order valence-electron chi connectivity index (χ0n) is 9.95. The van der Waals surface area contributed by atoms with Crippen LogP contribution < -0.4 is 5.32 Å². The lowest BCUT2D eigenvalue weighted by molar-refractivity contribution is 0.518. The van der Waals surface area contributed by atoms with Crippen molar-refractivity contribution in [2.45, 2.75) is 6.54 Å². The third-order valence-corrected chi connectivity index (χ3v) is 2.97. The molecular formula is C13H11ClN4O. The van der Waals surface area contributed by atoms with Gasteiger partial charge in [-0.1, -0.05) is 17.7 Å². The Kier molecular flexibility index (Phi) is 3.20. The van der Waals surface area contributed by atoms with Crippen LogP contribution in [0.4, 0.5) is 5.69 Å². The summed E-state index contributed by atoms with van der Waals surface area (Å²) in [7, 11) is 0. The lowest BCUT2D eigenvalue weighted by Crippen LogP contribution is -2.05. The number of halogens is 1. The highest BCUT2D eigenvalue weighted by atomic mass is 35.5. The van der Waals surface area contributed by atoms with Crippen molar-refractivity contribution < 1.29 is 4.42 Å². The summed E-state index contributed by atoms with van der Waals surface area (Å²) in [5.41, 5.74) is 1.64. The molecule has 0 radical (unpaired) electrons. The van der Waals surface area contributed by atoms with E-state index in [1.165, 1.54) is 6.33 Å². The topological polar surface area (TPSA) is 55.9 Å². The molecule has 0 saturated heterocycles. The summed E-state index contributed by atoms with van der Waals surface area (Å²) in [4.78, 5) is 3.94. The van der Waals surface area contributed by atoms with Crippen LogP contribution in [-0.2, 0) is 6.54 Å². The van der Waals surface area contributed by atoms with Gasteiger partial charge in [0, 0.05) is 0 Å². The van der Waals surface area contributed by atoms with Gasteiger partial charge in [0.1, 0.15) is 24.1 Å². The largest absolute Gasteiger partial charge is 0.467 e. The molecular weight excluding hydrogens is 264 g/mol. The van der Waals surface area contributed by atoms with Crippen LogP contribution in [-0.4, -0.2) is 14.8 Å². The highest BCUT2D eigenvalue weighted by Gasteiger charge is 2.10. The van der Waals surface area contributed by atoms with Crippen molar-refractivity contribution in [3.05, 3.63) is 60.0 Å². The first-order chi connectivity index (χ1) is 9.34. The normalized spacial score (nSPS) is 10.6. The Labute approximate surface area is 114 Å². The van der Waals surface area contributed by atoms with Gasteiger partial charge in [-0.15, -0.1) is 0 Å². The summed E-state index contributed by atoms with van der Waals surface area (Å²) in [5, 5.41) is 8.00. The summed E-state index contributed by atoms with van der Waals surface area (Å²) in [6, 6.07) is 9.40. The standard InChI is InChI=1S/C13H11ClN4O/c14-11-4-1-5-12(13(11)18-9-15-8-17-18)16-7-10-3-2-6-19-10/h1-6,8-9,16H,7H2. The summed E-state index contributed by atoms with van der Waals surface area (Å²) >= 11 is 6.23. The van der Waals surface area contributed by atoms with E-state index >= 15 is 0 Å². The van der Waals surface area contributed by atoms with E-state index in [1.807, 2.05) is 30.3 Å². The first-order valence-corrected chi connectivity index (χ1v) is 6.12. The first kappa shape index (κ1) is 11.8. The average Bonchev–Trinajstić information content (AvgIpc) is 3.09. The van der Waals surface area contributed by atoms with Gasteiger partial charge in [0.15, 0.2) is 0 Å². The van der Waals surface area contributed by atoms with Gasteiger partial charge >= 0.3 is 0 Å². The Morgan fingerprint density at radius 1 is 1.26 bits per heavy atom. The molecule has 0 aliphatic heterocycles. The number of para-hydroxylation sites is 1. The highest BCUT2D eigenvalue weighted by molar-refractivity contribution is 6.33. The van der Waals surface area contributed by atoms with Gasteiger partial charge in [0.2, 0.25) is 0 Å². The van der Waals surface area contributed by atoms with E-state index in [9.17, 15) is 0 Å². The second-order valence-corrected chi connectivity index (χ2v) is 4.32. The van der Waals surface area contributed by atoms with Gasteiger partial charge in [0.25, 0.3) is 0 Å². The van der Waals surface area contributed by atoms with E-state index in [2.05, 4.69) is 15.4 Å². The molecule has 0 unspecified atom stereocenters. The van der Waals surface area contributed by atoms with E-state index in [0.717, 1.165) is 17.1 Å². The van der Waals surface area contributed by atoms with Crippen molar-refractivity contribution in [1.29, 1.82) is 0 Å². The van der Waals surface area contributed by atoms with E-state index < -0.39 is 0 Å². The van der Waals surface area contributed by atoms with E-state index in [0.29, 0.717) is 11.6 Å². The number of nitrogens with one attached hydrogen (secondary N) is 1. The van der Waals surface area contributed by atoms with Gasteiger partial charge in [0.05, 0.1) is 23.5 Å². The predicted molar refractivity (Wildman–Crippen MR) is 72.4 cm³/mol. The fourth-order valence-electron chi connectivity index (χ4n) is 1.81. The maximum absolute atomic E-state index is 6.23. The molecule has 5 nitrogen and oxygen atoms in total. The first-order valence-electron chi connectivity index (χ1n) is 5.74. The molecule has 2 aromatic heterocycles. The number of benzene rings is 1. The quantitative estimate of drug-likeness (QED) is 0.794. The Balaban J connectivity index is 1.91. The van der Waals surface area contributed by atoms with Crippen molar-refractivity contribution in [2.24, 2.45) is 0 Å². The predicted octanol–water partition coefficient (Wildman–Crippen LogP) is 3.13. The van der Waals surface area contributed by atoms with Crippen LogP contribution in [0.25, 0.3) is 5.69 Å². The molecule has 2 heterocycles. The molecule has 19 heavy (non-hydrogen) atoms. The molecule has 3 aromatic rings. The number of rotatable bonds is 4.